The number of allylic oxidation sites excluding steroid dienone is 4. The fourth-order valence-electron chi connectivity index (χ4n) is 10.1. The standard InChI is InChI=1S/C65H125NO5/c1-3-5-7-9-11-13-15-17-31-34-37-41-45-49-53-57-63(68)62(61-67)66-64(69)58-54-50-46-42-38-35-32-29-27-25-23-21-19-18-20-22-24-26-28-30-33-36-40-44-48-52-56-60-71-65(70)59-55-51-47-43-39-16-14-12-10-8-6-4-2/h18-19,22,24,62-63,67-68H,3-17,20-21,23,25-61H2,1-2H3,(H,66,69)/b19-18-,24-22-. The maximum absolute atomic E-state index is 12.5. The average Bonchev–Trinajstić information content (AvgIpc) is 3.37. The van der Waals surface area contributed by atoms with Gasteiger partial charge in [-0.25, -0.2) is 0 Å². The van der Waals surface area contributed by atoms with Gasteiger partial charge < -0.3 is 20.3 Å². The molecule has 0 aromatic heterocycles. The third kappa shape index (κ3) is 57.5. The normalized spacial score (nSPS) is 12.7. The van der Waals surface area contributed by atoms with Crippen LogP contribution in [0.1, 0.15) is 354 Å². The summed E-state index contributed by atoms with van der Waals surface area (Å²) in [5.74, 6) is -0.0243. The van der Waals surface area contributed by atoms with Crippen LogP contribution in [0, 0.1) is 0 Å². The monoisotopic (exact) mass is 1000 g/mol. The van der Waals surface area contributed by atoms with Crippen molar-refractivity contribution in [3.63, 3.8) is 0 Å². The number of amides is 1. The highest BCUT2D eigenvalue weighted by atomic mass is 16.5. The molecule has 6 heteroatoms. The first-order chi connectivity index (χ1) is 35.0. The number of hydrogen-bond acceptors (Lipinski definition) is 5. The molecule has 0 rings (SSSR count). The minimum Gasteiger partial charge on any atom is -0.466 e. The summed E-state index contributed by atoms with van der Waals surface area (Å²) in [6, 6.07) is -0.543. The molecule has 0 aliphatic heterocycles. The van der Waals surface area contributed by atoms with Crippen LogP contribution in [0.5, 0.6) is 0 Å². The van der Waals surface area contributed by atoms with E-state index in [-0.39, 0.29) is 18.5 Å². The zero-order chi connectivity index (χ0) is 51.4. The summed E-state index contributed by atoms with van der Waals surface area (Å²) >= 11 is 0. The fraction of sp³-hybridized carbons (Fsp3) is 0.908. The van der Waals surface area contributed by atoms with E-state index in [2.05, 4.69) is 43.5 Å². The zero-order valence-electron chi connectivity index (χ0n) is 48.0. The third-order valence-corrected chi connectivity index (χ3v) is 15.0. The van der Waals surface area contributed by atoms with E-state index in [1.165, 1.54) is 276 Å². The largest absolute Gasteiger partial charge is 0.466 e. The van der Waals surface area contributed by atoms with E-state index in [9.17, 15) is 19.8 Å². The van der Waals surface area contributed by atoms with Crippen LogP contribution in [0.25, 0.3) is 0 Å². The number of nitrogens with one attached hydrogen (secondary N) is 1. The zero-order valence-corrected chi connectivity index (χ0v) is 48.0. The first-order valence-electron chi connectivity index (χ1n) is 32.1. The summed E-state index contributed by atoms with van der Waals surface area (Å²) in [6.07, 6.45) is 74.8. The van der Waals surface area contributed by atoms with E-state index in [0.29, 0.717) is 25.9 Å². The fourth-order valence-corrected chi connectivity index (χ4v) is 10.1. The Bertz CT molecular complexity index is 1110. The Morgan fingerprint density at radius 2 is 0.704 bits per heavy atom. The Kier molecular flexibility index (Phi) is 59.5. The highest BCUT2D eigenvalue weighted by Crippen LogP contribution is 2.18. The maximum atomic E-state index is 12.5. The van der Waals surface area contributed by atoms with Gasteiger partial charge in [-0.1, -0.05) is 308 Å². The van der Waals surface area contributed by atoms with Gasteiger partial charge in [-0.3, -0.25) is 9.59 Å². The summed E-state index contributed by atoms with van der Waals surface area (Å²) in [7, 11) is 0. The number of hydrogen-bond donors (Lipinski definition) is 3. The molecule has 0 saturated heterocycles. The molecule has 0 aromatic carbocycles. The number of rotatable bonds is 60. The second kappa shape index (κ2) is 60.9. The average molecular weight is 1000 g/mol. The molecule has 0 aromatic rings. The molecule has 0 aliphatic carbocycles. The molecule has 3 N–H and O–H groups in total. The van der Waals surface area contributed by atoms with Gasteiger partial charge in [0.25, 0.3) is 0 Å². The van der Waals surface area contributed by atoms with Gasteiger partial charge in [0.2, 0.25) is 5.91 Å². The Hall–Kier alpha value is -1.66. The Balaban J connectivity index is 3.41. The van der Waals surface area contributed by atoms with E-state index >= 15 is 0 Å². The Morgan fingerprint density at radius 3 is 1.07 bits per heavy atom. The lowest BCUT2D eigenvalue weighted by Crippen LogP contribution is -2.45. The molecule has 2 atom stereocenters. The van der Waals surface area contributed by atoms with Gasteiger partial charge in [-0.05, 0) is 57.8 Å². The minimum absolute atomic E-state index is 0.0117. The van der Waals surface area contributed by atoms with Gasteiger partial charge in [-0.2, -0.15) is 0 Å². The molecule has 71 heavy (non-hydrogen) atoms. The van der Waals surface area contributed by atoms with Crippen molar-refractivity contribution in [2.45, 2.75) is 366 Å². The second-order valence-electron chi connectivity index (χ2n) is 22.1. The lowest BCUT2D eigenvalue weighted by molar-refractivity contribution is -0.143. The van der Waals surface area contributed by atoms with E-state index < -0.39 is 12.1 Å². The summed E-state index contributed by atoms with van der Waals surface area (Å²) in [5, 5.41) is 23.3. The van der Waals surface area contributed by atoms with Crippen molar-refractivity contribution in [3.8, 4) is 0 Å². The van der Waals surface area contributed by atoms with E-state index in [0.717, 1.165) is 44.9 Å². The first kappa shape index (κ1) is 69.3. The molecular weight excluding hydrogens is 875 g/mol. The predicted octanol–water partition coefficient (Wildman–Crippen LogP) is 20.2. The van der Waals surface area contributed by atoms with Crippen molar-refractivity contribution >= 4 is 11.9 Å². The minimum atomic E-state index is -0.666. The first-order valence-corrected chi connectivity index (χ1v) is 32.1. The topological polar surface area (TPSA) is 95.9 Å². The molecule has 420 valence electrons. The summed E-state index contributed by atoms with van der Waals surface area (Å²) in [5.41, 5.74) is 0. The van der Waals surface area contributed by atoms with Crippen LogP contribution in [0.3, 0.4) is 0 Å². The van der Waals surface area contributed by atoms with E-state index in [1.807, 2.05) is 0 Å². The highest BCUT2D eigenvalue weighted by Gasteiger charge is 2.20. The van der Waals surface area contributed by atoms with Crippen LogP contribution >= 0.6 is 0 Å². The van der Waals surface area contributed by atoms with Crippen molar-refractivity contribution in [1.29, 1.82) is 0 Å². The number of carbonyl (C=O) groups is 2. The van der Waals surface area contributed by atoms with Crippen LogP contribution in [0.15, 0.2) is 24.3 Å². The molecule has 0 fully saturated rings. The molecule has 0 heterocycles. The lowest BCUT2D eigenvalue weighted by atomic mass is 10.0. The van der Waals surface area contributed by atoms with E-state index in [1.54, 1.807) is 0 Å². The smallest absolute Gasteiger partial charge is 0.305 e. The van der Waals surface area contributed by atoms with Crippen molar-refractivity contribution in [3.05, 3.63) is 24.3 Å². The maximum Gasteiger partial charge on any atom is 0.305 e. The van der Waals surface area contributed by atoms with Gasteiger partial charge >= 0.3 is 5.97 Å². The van der Waals surface area contributed by atoms with Gasteiger partial charge in [0.05, 0.1) is 25.4 Å². The molecule has 1 amide bonds. The van der Waals surface area contributed by atoms with Crippen molar-refractivity contribution in [2.75, 3.05) is 13.2 Å². The Morgan fingerprint density at radius 1 is 0.394 bits per heavy atom. The molecule has 6 nitrogen and oxygen atoms in total. The Labute approximate surface area is 443 Å². The second-order valence-corrected chi connectivity index (χ2v) is 22.1. The molecule has 0 radical (unpaired) electrons. The number of carbonyl (C=O) groups excluding carboxylic acids is 2. The highest BCUT2D eigenvalue weighted by molar-refractivity contribution is 5.76. The number of esters is 1. The molecule has 0 saturated carbocycles. The molecule has 2 unspecified atom stereocenters. The van der Waals surface area contributed by atoms with Gasteiger partial charge in [0.1, 0.15) is 0 Å². The van der Waals surface area contributed by atoms with Crippen molar-refractivity contribution in [1.82, 2.24) is 5.32 Å². The van der Waals surface area contributed by atoms with E-state index in [4.69, 9.17) is 4.74 Å². The van der Waals surface area contributed by atoms with Crippen molar-refractivity contribution < 1.29 is 24.5 Å². The number of unbranched alkanes of at least 4 members (excludes halogenated alkanes) is 45. The molecule has 0 bridgehead atoms. The summed E-state index contributed by atoms with van der Waals surface area (Å²) < 4.78 is 5.47. The van der Waals surface area contributed by atoms with Crippen LogP contribution in [-0.4, -0.2) is 47.4 Å². The number of aliphatic hydroxyl groups excluding tert-OH is 2. The number of ether oxygens (including phenoxy) is 1. The predicted molar refractivity (Wildman–Crippen MR) is 310 cm³/mol. The number of aliphatic hydroxyl groups is 2. The van der Waals surface area contributed by atoms with Gasteiger partial charge in [0.15, 0.2) is 0 Å². The molecule has 0 spiro atoms. The van der Waals surface area contributed by atoms with Crippen LogP contribution in [0.2, 0.25) is 0 Å². The summed E-state index contributed by atoms with van der Waals surface area (Å²) in [6.45, 7) is 4.97. The summed E-state index contributed by atoms with van der Waals surface area (Å²) in [4.78, 5) is 24.5. The SMILES string of the molecule is CCCCCCCCCCCCCCCCCC(O)C(CO)NC(=O)CCCCCCCCCCCCC/C=C\C/C=C\CCCCCCCCCCCOC(=O)CCCCCCCCCCCCCC. The third-order valence-electron chi connectivity index (χ3n) is 15.0. The quantitative estimate of drug-likeness (QED) is 0.0320. The van der Waals surface area contributed by atoms with Crippen LogP contribution in [-0.2, 0) is 14.3 Å². The van der Waals surface area contributed by atoms with Gasteiger partial charge in [0, 0.05) is 12.8 Å². The van der Waals surface area contributed by atoms with Crippen LogP contribution in [0.4, 0.5) is 0 Å². The molecular formula is C65H125NO5. The molecule has 0 aliphatic rings. The lowest BCUT2D eigenvalue weighted by Gasteiger charge is -2.22. The van der Waals surface area contributed by atoms with Crippen LogP contribution < -0.4 is 5.32 Å². The van der Waals surface area contributed by atoms with Crippen molar-refractivity contribution in [2.24, 2.45) is 0 Å². The van der Waals surface area contributed by atoms with Gasteiger partial charge in [-0.15, -0.1) is 0 Å².